The Bertz CT molecular complexity index is 152. The second kappa shape index (κ2) is 2.41. The normalized spacial score (nSPS) is 16.7. The smallest absolute Gasteiger partial charge is 0.206 e. The standard InChI is InChI=1S/C5H9N3O/c1-9-5-3-2-4-8(6)7-5/h2-4,7H,6H2,1H3. The summed E-state index contributed by atoms with van der Waals surface area (Å²) in [5.74, 6) is 5.95. The summed E-state index contributed by atoms with van der Waals surface area (Å²) in [6.45, 7) is 0. The highest BCUT2D eigenvalue weighted by molar-refractivity contribution is 5.08. The molecule has 50 valence electrons. The SMILES string of the molecule is COC1=CC=CN(N)N1. The van der Waals surface area contributed by atoms with Crippen molar-refractivity contribution in [3.05, 3.63) is 24.2 Å². The van der Waals surface area contributed by atoms with E-state index in [0.29, 0.717) is 5.88 Å². The van der Waals surface area contributed by atoms with Crippen molar-refractivity contribution in [3.8, 4) is 0 Å². The molecule has 0 unspecified atom stereocenters. The molecule has 1 rings (SSSR count). The van der Waals surface area contributed by atoms with Crippen molar-refractivity contribution in [2.45, 2.75) is 0 Å². The van der Waals surface area contributed by atoms with Crippen molar-refractivity contribution in [1.29, 1.82) is 0 Å². The van der Waals surface area contributed by atoms with Gasteiger partial charge in [0.05, 0.1) is 7.11 Å². The van der Waals surface area contributed by atoms with Gasteiger partial charge in [0.25, 0.3) is 0 Å². The van der Waals surface area contributed by atoms with E-state index in [0.717, 1.165) is 0 Å². The van der Waals surface area contributed by atoms with Crippen molar-refractivity contribution in [2.75, 3.05) is 7.11 Å². The maximum atomic E-state index is 5.32. The fourth-order valence-electron chi connectivity index (χ4n) is 0.539. The van der Waals surface area contributed by atoms with Crippen LogP contribution in [0.15, 0.2) is 24.2 Å². The molecule has 9 heavy (non-hydrogen) atoms. The van der Waals surface area contributed by atoms with E-state index in [1.165, 1.54) is 5.12 Å². The van der Waals surface area contributed by atoms with Crippen molar-refractivity contribution >= 4 is 0 Å². The van der Waals surface area contributed by atoms with Gasteiger partial charge in [0.1, 0.15) is 0 Å². The number of rotatable bonds is 1. The van der Waals surface area contributed by atoms with Gasteiger partial charge in [-0.2, -0.15) is 0 Å². The zero-order valence-electron chi connectivity index (χ0n) is 5.16. The number of hydrazine groups is 2. The Hall–Kier alpha value is -1.16. The number of hydrogen-bond donors (Lipinski definition) is 2. The van der Waals surface area contributed by atoms with Gasteiger partial charge in [0, 0.05) is 12.3 Å². The van der Waals surface area contributed by atoms with Gasteiger partial charge in [-0.25, -0.2) is 11.0 Å². The molecular weight excluding hydrogens is 118 g/mol. The molecule has 0 bridgehead atoms. The van der Waals surface area contributed by atoms with Crippen LogP contribution in [-0.2, 0) is 4.74 Å². The van der Waals surface area contributed by atoms with E-state index in [-0.39, 0.29) is 0 Å². The summed E-state index contributed by atoms with van der Waals surface area (Å²) in [5, 5.41) is 1.32. The van der Waals surface area contributed by atoms with E-state index in [1.54, 1.807) is 25.5 Å². The van der Waals surface area contributed by atoms with Crippen molar-refractivity contribution in [2.24, 2.45) is 5.84 Å². The summed E-state index contributed by atoms with van der Waals surface area (Å²) < 4.78 is 4.84. The second-order valence-corrected chi connectivity index (χ2v) is 1.60. The third-order valence-electron chi connectivity index (χ3n) is 0.953. The Morgan fingerprint density at radius 3 is 3.00 bits per heavy atom. The quantitative estimate of drug-likeness (QED) is 0.474. The summed E-state index contributed by atoms with van der Waals surface area (Å²) in [5.41, 5.74) is 2.73. The minimum absolute atomic E-state index is 0.639. The van der Waals surface area contributed by atoms with E-state index >= 15 is 0 Å². The molecule has 0 saturated carbocycles. The molecule has 1 aliphatic heterocycles. The van der Waals surface area contributed by atoms with E-state index in [2.05, 4.69) is 5.43 Å². The molecule has 0 saturated heterocycles. The summed E-state index contributed by atoms with van der Waals surface area (Å²) in [6.07, 6.45) is 5.25. The molecule has 0 aromatic rings. The van der Waals surface area contributed by atoms with E-state index in [9.17, 15) is 0 Å². The molecule has 3 N–H and O–H groups in total. The highest BCUT2D eigenvalue weighted by atomic mass is 16.5. The first-order valence-electron chi connectivity index (χ1n) is 2.56. The van der Waals surface area contributed by atoms with E-state index in [1.807, 2.05) is 0 Å². The van der Waals surface area contributed by atoms with Crippen molar-refractivity contribution < 1.29 is 4.74 Å². The average molecular weight is 127 g/mol. The number of ether oxygens (including phenoxy) is 1. The lowest BCUT2D eigenvalue weighted by Crippen LogP contribution is -2.40. The molecule has 0 amide bonds. The molecule has 0 fully saturated rings. The molecule has 1 heterocycles. The topological polar surface area (TPSA) is 50.5 Å². The van der Waals surface area contributed by atoms with Crippen LogP contribution in [0.3, 0.4) is 0 Å². The molecule has 0 aliphatic carbocycles. The highest BCUT2D eigenvalue weighted by Crippen LogP contribution is 1.96. The Balaban J connectivity index is 2.55. The van der Waals surface area contributed by atoms with Crippen LogP contribution in [-0.4, -0.2) is 12.2 Å². The number of allylic oxidation sites excluding steroid dienone is 2. The van der Waals surface area contributed by atoms with E-state index < -0.39 is 0 Å². The molecule has 0 aromatic carbocycles. The first-order valence-corrected chi connectivity index (χ1v) is 2.56. The van der Waals surface area contributed by atoms with Gasteiger partial charge in [-0.3, -0.25) is 5.43 Å². The van der Waals surface area contributed by atoms with Gasteiger partial charge in [-0.05, 0) is 6.08 Å². The number of nitrogens with two attached hydrogens (primary N) is 1. The highest BCUT2D eigenvalue weighted by Gasteiger charge is 1.98. The van der Waals surface area contributed by atoms with Gasteiger partial charge >= 0.3 is 0 Å². The molecule has 0 radical (unpaired) electrons. The lowest BCUT2D eigenvalue weighted by Gasteiger charge is -2.19. The Kier molecular flexibility index (Phi) is 1.60. The Morgan fingerprint density at radius 1 is 1.78 bits per heavy atom. The molecular formula is C5H9N3O. The lowest BCUT2D eigenvalue weighted by molar-refractivity contribution is 0.180. The third-order valence-corrected chi connectivity index (χ3v) is 0.953. The maximum Gasteiger partial charge on any atom is 0.206 e. The summed E-state index contributed by atoms with van der Waals surface area (Å²) in [4.78, 5) is 0. The van der Waals surface area contributed by atoms with Gasteiger partial charge in [0.2, 0.25) is 5.88 Å². The first kappa shape index (κ1) is 5.97. The van der Waals surface area contributed by atoms with E-state index in [4.69, 9.17) is 10.6 Å². The fourth-order valence-corrected chi connectivity index (χ4v) is 0.539. The predicted octanol–water partition coefficient (Wildman–Crippen LogP) is -0.318. The van der Waals surface area contributed by atoms with Crippen LogP contribution in [0.25, 0.3) is 0 Å². The largest absolute Gasteiger partial charge is 0.481 e. The Morgan fingerprint density at radius 2 is 2.56 bits per heavy atom. The fraction of sp³-hybridized carbons (Fsp3) is 0.200. The summed E-state index contributed by atoms with van der Waals surface area (Å²) in [6, 6.07) is 0. The Labute approximate surface area is 53.5 Å². The lowest BCUT2D eigenvalue weighted by atomic mass is 10.5. The molecule has 0 aromatic heterocycles. The second-order valence-electron chi connectivity index (χ2n) is 1.60. The number of nitrogens with one attached hydrogen (secondary N) is 1. The minimum atomic E-state index is 0.639. The zero-order valence-corrected chi connectivity index (χ0v) is 5.16. The van der Waals surface area contributed by atoms with Crippen molar-refractivity contribution in [3.63, 3.8) is 0 Å². The maximum absolute atomic E-state index is 5.32. The number of nitrogens with zero attached hydrogens (tertiary/aromatic N) is 1. The average Bonchev–Trinajstić information content (AvgIpc) is 1.88. The van der Waals surface area contributed by atoms with Crippen LogP contribution in [0.4, 0.5) is 0 Å². The minimum Gasteiger partial charge on any atom is -0.481 e. The number of methoxy groups -OCH3 is 1. The van der Waals surface area contributed by atoms with Gasteiger partial charge in [-0.15, -0.1) is 0 Å². The third kappa shape index (κ3) is 1.36. The van der Waals surface area contributed by atoms with Crippen LogP contribution < -0.4 is 11.3 Å². The predicted molar refractivity (Wildman–Crippen MR) is 33.4 cm³/mol. The molecule has 1 aliphatic rings. The van der Waals surface area contributed by atoms with Gasteiger partial charge < -0.3 is 4.74 Å². The number of hydrogen-bond acceptors (Lipinski definition) is 4. The summed E-state index contributed by atoms with van der Waals surface area (Å²) in [7, 11) is 1.58. The first-order chi connectivity index (χ1) is 4.33. The molecule has 4 heteroatoms. The van der Waals surface area contributed by atoms with Gasteiger partial charge in [0.15, 0.2) is 0 Å². The van der Waals surface area contributed by atoms with Gasteiger partial charge in [-0.1, -0.05) is 0 Å². The zero-order chi connectivity index (χ0) is 6.69. The molecule has 0 atom stereocenters. The van der Waals surface area contributed by atoms with Crippen LogP contribution in [0.2, 0.25) is 0 Å². The van der Waals surface area contributed by atoms with Crippen molar-refractivity contribution in [1.82, 2.24) is 10.5 Å². The molecule has 0 spiro atoms. The van der Waals surface area contributed by atoms with Crippen LogP contribution in [0.1, 0.15) is 0 Å². The van der Waals surface area contributed by atoms with Crippen LogP contribution in [0.5, 0.6) is 0 Å². The van der Waals surface area contributed by atoms with Crippen LogP contribution >= 0.6 is 0 Å². The monoisotopic (exact) mass is 127 g/mol. The summed E-state index contributed by atoms with van der Waals surface area (Å²) >= 11 is 0. The van der Waals surface area contributed by atoms with Crippen LogP contribution in [0, 0.1) is 0 Å². The molecule has 4 nitrogen and oxygen atoms in total.